The van der Waals surface area contributed by atoms with Gasteiger partial charge in [0, 0.05) is 6.04 Å². The van der Waals surface area contributed by atoms with Gasteiger partial charge in [0.15, 0.2) is 0 Å². The van der Waals surface area contributed by atoms with Gasteiger partial charge in [0.2, 0.25) is 0 Å². The third-order valence-electron chi connectivity index (χ3n) is 5.48. The van der Waals surface area contributed by atoms with Crippen LogP contribution in [0.25, 0.3) is 0 Å². The lowest BCUT2D eigenvalue weighted by atomic mass is 10.0. The van der Waals surface area contributed by atoms with Crippen molar-refractivity contribution in [1.29, 1.82) is 0 Å². The van der Waals surface area contributed by atoms with Gasteiger partial charge < -0.3 is 11.1 Å². The van der Waals surface area contributed by atoms with E-state index in [-0.39, 0.29) is 5.91 Å². The van der Waals surface area contributed by atoms with Crippen molar-refractivity contribution in [1.82, 2.24) is 5.32 Å². The van der Waals surface area contributed by atoms with E-state index < -0.39 is 0 Å². The van der Waals surface area contributed by atoms with Crippen LogP contribution >= 0.6 is 11.3 Å². The lowest BCUT2D eigenvalue weighted by molar-refractivity contribution is 0.0948. The minimum Gasteiger partial charge on any atom is -0.348 e. The molecular formula is C17H20N2OS. The Kier molecular flexibility index (Phi) is 3.09. The highest BCUT2D eigenvalue weighted by Crippen LogP contribution is 2.65. The molecule has 4 unspecified atom stereocenters. The van der Waals surface area contributed by atoms with E-state index in [9.17, 15) is 4.79 Å². The highest BCUT2D eigenvalue weighted by atomic mass is 32.1. The topological polar surface area (TPSA) is 55.1 Å². The summed E-state index contributed by atoms with van der Waals surface area (Å²) in [6, 6.07) is 2.40. The monoisotopic (exact) mass is 300 g/mol. The van der Waals surface area contributed by atoms with E-state index in [1.54, 1.807) is 0 Å². The smallest absolute Gasteiger partial charge is 0.261 e. The number of fused-ring (bicyclic) bond motifs is 5. The first-order valence-corrected chi connectivity index (χ1v) is 8.61. The van der Waals surface area contributed by atoms with Crippen LogP contribution in [0.1, 0.15) is 39.4 Å². The molecule has 110 valence electrons. The van der Waals surface area contributed by atoms with Gasteiger partial charge in [0.05, 0.1) is 16.3 Å². The summed E-state index contributed by atoms with van der Waals surface area (Å²) in [5.74, 6) is 9.34. The molecule has 3 aliphatic carbocycles. The molecule has 4 heteroatoms. The van der Waals surface area contributed by atoms with Crippen LogP contribution in [-0.4, -0.2) is 18.5 Å². The standard InChI is InChI=1S/C17H20N2OS/c1-9-7-13(21-12(9)3-2-6-18)17(20)19-16-14-10-4-5-11(8-10)15(14)16/h7,10-11,14-16H,4-6,8,18H2,1H3,(H,19,20). The van der Waals surface area contributed by atoms with Gasteiger partial charge in [-0.15, -0.1) is 11.3 Å². The fraction of sp³-hybridized carbons (Fsp3) is 0.588. The summed E-state index contributed by atoms with van der Waals surface area (Å²) in [5.41, 5.74) is 6.47. The van der Waals surface area contributed by atoms with E-state index in [4.69, 9.17) is 5.73 Å². The molecule has 3 aliphatic rings. The Morgan fingerprint density at radius 2 is 2.14 bits per heavy atom. The van der Waals surface area contributed by atoms with Crippen molar-refractivity contribution in [2.24, 2.45) is 29.4 Å². The maximum absolute atomic E-state index is 12.4. The summed E-state index contributed by atoms with van der Waals surface area (Å²) in [7, 11) is 0. The summed E-state index contributed by atoms with van der Waals surface area (Å²) < 4.78 is 0. The van der Waals surface area contributed by atoms with E-state index in [0.29, 0.717) is 12.6 Å². The second kappa shape index (κ2) is 4.86. The van der Waals surface area contributed by atoms with E-state index in [2.05, 4.69) is 17.2 Å². The van der Waals surface area contributed by atoms with Crippen LogP contribution in [0.2, 0.25) is 0 Å². The Morgan fingerprint density at radius 3 is 2.81 bits per heavy atom. The Labute approximate surface area is 129 Å². The highest BCUT2D eigenvalue weighted by molar-refractivity contribution is 7.14. The minimum absolute atomic E-state index is 0.0858. The Bertz CT molecular complexity index is 637. The molecule has 0 aromatic carbocycles. The molecule has 21 heavy (non-hydrogen) atoms. The number of rotatable bonds is 2. The number of carbonyl (C=O) groups is 1. The predicted molar refractivity (Wildman–Crippen MR) is 84.1 cm³/mol. The van der Waals surface area contributed by atoms with Crippen molar-refractivity contribution in [2.75, 3.05) is 6.54 Å². The lowest BCUT2D eigenvalue weighted by Crippen LogP contribution is -2.29. The van der Waals surface area contributed by atoms with Gasteiger partial charge in [-0.05, 0) is 61.5 Å². The molecule has 3 saturated carbocycles. The first-order valence-electron chi connectivity index (χ1n) is 7.79. The molecule has 1 amide bonds. The van der Waals surface area contributed by atoms with Gasteiger partial charge in [-0.2, -0.15) is 0 Å². The number of amides is 1. The third-order valence-corrected chi connectivity index (χ3v) is 6.63. The van der Waals surface area contributed by atoms with Gasteiger partial charge in [0.25, 0.3) is 5.91 Å². The van der Waals surface area contributed by atoms with E-state index in [1.165, 1.54) is 30.6 Å². The molecule has 1 aromatic heterocycles. The predicted octanol–water partition coefficient (Wildman–Crippen LogP) is 2.14. The van der Waals surface area contributed by atoms with Gasteiger partial charge in [-0.1, -0.05) is 11.8 Å². The van der Waals surface area contributed by atoms with Crippen LogP contribution in [-0.2, 0) is 0 Å². The van der Waals surface area contributed by atoms with Crippen molar-refractivity contribution in [3.05, 3.63) is 21.4 Å². The molecule has 1 heterocycles. The van der Waals surface area contributed by atoms with Crippen molar-refractivity contribution >= 4 is 17.2 Å². The molecule has 2 bridgehead atoms. The van der Waals surface area contributed by atoms with Crippen LogP contribution in [0.3, 0.4) is 0 Å². The zero-order chi connectivity index (χ0) is 14.6. The van der Waals surface area contributed by atoms with Crippen molar-refractivity contribution in [3.8, 4) is 11.8 Å². The van der Waals surface area contributed by atoms with Crippen molar-refractivity contribution in [3.63, 3.8) is 0 Å². The molecule has 3 fully saturated rings. The number of hydrogen-bond acceptors (Lipinski definition) is 3. The van der Waals surface area contributed by atoms with Gasteiger partial charge in [-0.3, -0.25) is 4.79 Å². The zero-order valence-electron chi connectivity index (χ0n) is 12.2. The average molecular weight is 300 g/mol. The number of hydrogen-bond donors (Lipinski definition) is 2. The molecular weight excluding hydrogens is 280 g/mol. The second-order valence-corrected chi connectivity index (χ2v) is 7.67. The fourth-order valence-electron chi connectivity index (χ4n) is 4.59. The molecule has 0 spiro atoms. The van der Waals surface area contributed by atoms with Crippen LogP contribution < -0.4 is 11.1 Å². The molecule has 4 rings (SSSR count). The summed E-state index contributed by atoms with van der Waals surface area (Å²) in [6.07, 6.45) is 4.18. The number of aryl methyl sites for hydroxylation is 1. The Balaban J connectivity index is 1.44. The summed E-state index contributed by atoms with van der Waals surface area (Å²) in [4.78, 5) is 14.2. The molecule has 4 atom stereocenters. The van der Waals surface area contributed by atoms with E-state index in [1.807, 2.05) is 13.0 Å². The first kappa shape index (κ1) is 13.4. The van der Waals surface area contributed by atoms with Crippen LogP contribution in [0.4, 0.5) is 0 Å². The van der Waals surface area contributed by atoms with E-state index >= 15 is 0 Å². The second-order valence-electron chi connectivity index (χ2n) is 6.62. The lowest BCUT2D eigenvalue weighted by Gasteiger charge is -2.09. The maximum atomic E-state index is 12.4. The first-order chi connectivity index (χ1) is 10.2. The van der Waals surface area contributed by atoms with Gasteiger partial charge in [-0.25, -0.2) is 0 Å². The fourth-order valence-corrected chi connectivity index (χ4v) is 5.54. The van der Waals surface area contributed by atoms with Crippen LogP contribution in [0.15, 0.2) is 6.07 Å². The highest BCUT2D eigenvalue weighted by Gasteiger charge is 2.65. The number of carbonyl (C=O) groups excluding carboxylic acids is 1. The summed E-state index contributed by atoms with van der Waals surface area (Å²) in [5, 5.41) is 3.27. The summed E-state index contributed by atoms with van der Waals surface area (Å²) in [6.45, 7) is 2.35. The Morgan fingerprint density at radius 1 is 1.43 bits per heavy atom. The number of thiophene rings is 1. The van der Waals surface area contributed by atoms with Gasteiger partial charge in [0.1, 0.15) is 0 Å². The van der Waals surface area contributed by atoms with Gasteiger partial charge >= 0.3 is 0 Å². The molecule has 0 aliphatic heterocycles. The Hall–Kier alpha value is -1.31. The van der Waals surface area contributed by atoms with Crippen LogP contribution in [0, 0.1) is 42.4 Å². The minimum atomic E-state index is 0.0858. The maximum Gasteiger partial charge on any atom is 0.261 e. The molecule has 1 aromatic rings. The normalized spacial score (nSPS) is 35.0. The quantitative estimate of drug-likeness (QED) is 0.822. The third kappa shape index (κ3) is 2.11. The van der Waals surface area contributed by atoms with E-state index in [0.717, 1.165) is 39.0 Å². The summed E-state index contributed by atoms with van der Waals surface area (Å²) >= 11 is 1.48. The zero-order valence-corrected chi connectivity index (χ0v) is 13.0. The molecule has 3 nitrogen and oxygen atoms in total. The van der Waals surface area contributed by atoms with Crippen LogP contribution in [0.5, 0.6) is 0 Å². The largest absolute Gasteiger partial charge is 0.348 e. The SMILES string of the molecule is Cc1cc(C(=O)NC2C3C4CCC(C4)C23)sc1C#CCN. The molecule has 0 radical (unpaired) electrons. The average Bonchev–Trinajstić information content (AvgIpc) is 2.86. The molecule has 0 saturated heterocycles. The molecule has 3 N–H and O–H groups in total. The number of nitrogens with two attached hydrogens (primary N) is 1. The number of nitrogens with one attached hydrogen (secondary N) is 1. The van der Waals surface area contributed by atoms with Crippen molar-refractivity contribution < 1.29 is 4.79 Å². The van der Waals surface area contributed by atoms with Crippen molar-refractivity contribution in [2.45, 2.75) is 32.2 Å².